The fourth-order valence-electron chi connectivity index (χ4n) is 9.69. The van der Waals surface area contributed by atoms with Gasteiger partial charge in [0.15, 0.2) is 5.96 Å². The van der Waals surface area contributed by atoms with Crippen molar-refractivity contribution in [3.05, 3.63) is 48.0 Å². The molecule has 1 aromatic carbocycles. The van der Waals surface area contributed by atoms with E-state index < -0.39 is 187 Å². The number of rotatable bonds is 45. The second-order valence-corrected chi connectivity index (χ2v) is 24.4. The number of primary amides is 2. The third-order valence-corrected chi connectivity index (χ3v) is 16.6. The second-order valence-electron chi connectivity index (χ2n) is 22.9. The van der Waals surface area contributed by atoms with E-state index in [0.717, 1.165) is 0 Å². The number of aromatic nitrogens is 2. The number of likely N-dealkylation sites (tertiary alicyclic amines) is 1. The standard InChI is InChI=1S/C58H92N22O17S4/c1-28(69-56(96)42-8-5-15-80(42)57(97)36(17-30-20-65-27-68-30)74-54(94)40(25-100)79-55(95)41(26-101)78-50(90)33(70-44(84)19-60)7-4-14-66-58(63)64)47(87)77-39(24-99)48(88)67-21-45(85)71-32(6-2-3-13-59)49(89)73-35(18-43(61)83)52(92)72-34(16-29-9-11-31(82)12-10-29)51(91)75-37(22-81)53(93)76-38(23-98)46(62)86/h9-12,20,27-28,32-42,81-82,98-101H,2-8,13-19,21-26,59-60H2,1H3,(H2,61,83)(H2,62,86)(H,65,68)(H,67,88)(H,69,96)(H,70,84)(H,71,85)(H,72,92)(H,73,89)(H,74,94)(H,75,91)(H,76,93)(H,77,87)(H,78,90)(H,79,95)(H4,63,64,66). The van der Waals surface area contributed by atoms with Gasteiger partial charge in [-0.15, -0.1) is 0 Å². The zero-order valence-electron chi connectivity index (χ0n) is 55.1. The number of phenols is 1. The highest BCUT2D eigenvalue weighted by Gasteiger charge is 2.41. The highest BCUT2D eigenvalue weighted by atomic mass is 32.1. The van der Waals surface area contributed by atoms with Crippen molar-refractivity contribution in [1.82, 2.24) is 78.7 Å². The Kier molecular flexibility index (Phi) is 38.2. The van der Waals surface area contributed by atoms with Gasteiger partial charge in [-0.25, -0.2) is 4.98 Å². The van der Waals surface area contributed by atoms with Crippen molar-refractivity contribution in [2.45, 2.75) is 144 Å². The average molecular weight is 1500 g/mol. The molecule has 560 valence electrons. The van der Waals surface area contributed by atoms with E-state index in [0.29, 0.717) is 24.1 Å². The summed E-state index contributed by atoms with van der Waals surface area (Å²) in [6, 6.07) is -11.9. The van der Waals surface area contributed by atoms with E-state index in [1.807, 2.05) is 0 Å². The highest BCUT2D eigenvalue weighted by molar-refractivity contribution is 7.80. The number of aromatic hydroxyl groups is 1. The maximum atomic E-state index is 14.5. The topological polar surface area (TPSA) is 641 Å². The number of phenolic OH excluding ortho intramolecular Hbond substituents is 1. The number of nitrogens with one attached hydrogen (secondary N) is 13. The molecule has 0 radical (unpaired) electrons. The van der Waals surface area contributed by atoms with Crippen molar-refractivity contribution in [1.29, 1.82) is 0 Å². The maximum absolute atomic E-state index is 14.5. The third kappa shape index (κ3) is 29.9. The molecule has 15 amide bonds. The van der Waals surface area contributed by atoms with Gasteiger partial charge in [0.05, 0.1) is 32.4 Å². The van der Waals surface area contributed by atoms with Gasteiger partial charge in [0.25, 0.3) is 0 Å². The quantitative estimate of drug-likeness (QED) is 0.0127. The Balaban J connectivity index is 1.71. The Hall–Kier alpha value is -9.17. The van der Waals surface area contributed by atoms with Crippen LogP contribution in [0.15, 0.2) is 41.8 Å². The van der Waals surface area contributed by atoms with Crippen molar-refractivity contribution in [3.63, 3.8) is 0 Å². The van der Waals surface area contributed by atoms with Gasteiger partial charge >= 0.3 is 0 Å². The SMILES string of the molecule is CC(NC(=O)C1CCCN1C(=O)C(Cc1cnc[nH]1)NC(=O)C(CS)NC(=O)C(CS)NC(=O)C(CCCN=C(N)N)NC(=O)CN)C(=O)NC(CS)C(=O)NCC(=O)NC(CCCCN)C(=O)NC(CC(N)=O)C(=O)NC(Cc1ccc(O)cc1)C(=O)NC(CO)C(=O)NC(CS)C(N)=O. The minimum atomic E-state index is -1.82. The van der Waals surface area contributed by atoms with Gasteiger partial charge < -0.3 is 118 Å². The molecule has 101 heavy (non-hydrogen) atoms. The number of nitrogens with two attached hydrogens (primary N) is 6. The van der Waals surface area contributed by atoms with Gasteiger partial charge in [-0.05, 0) is 76.1 Å². The summed E-state index contributed by atoms with van der Waals surface area (Å²) in [5.74, 6) is -15.5. The number of nitrogens with zero attached hydrogens (tertiary/aromatic N) is 3. The first-order chi connectivity index (χ1) is 47.9. The van der Waals surface area contributed by atoms with Crippen LogP contribution >= 0.6 is 50.5 Å². The minimum Gasteiger partial charge on any atom is -0.508 e. The van der Waals surface area contributed by atoms with Crippen LogP contribution in [0.4, 0.5) is 0 Å². The van der Waals surface area contributed by atoms with E-state index in [2.05, 4.69) is 129 Å². The summed E-state index contributed by atoms with van der Waals surface area (Å²) in [4.78, 5) is 213. The summed E-state index contributed by atoms with van der Waals surface area (Å²) in [7, 11) is 0. The van der Waals surface area contributed by atoms with Gasteiger partial charge in [-0.2, -0.15) is 50.5 Å². The summed E-state index contributed by atoms with van der Waals surface area (Å²) in [6.07, 6.45) is 2.49. The molecule has 2 aromatic rings. The molecule has 1 aromatic heterocycles. The number of carbonyl (C=O) groups excluding carboxylic acids is 15. The Bertz CT molecular complexity index is 3210. The normalized spacial score (nSPS) is 15.7. The molecule has 12 unspecified atom stereocenters. The van der Waals surface area contributed by atoms with Crippen LogP contribution in [0.3, 0.4) is 0 Å². The zero-order valence-corrected chi connectivity index (χ0v) is 58.7. The molecule has 27 N–H and O–H groups in total. The van der Waals surface area contributed by atoms with E-state index in [1.165, 1.54) is 48.6 Å². The third-order valence-electron chi connectivity index (χ3n) is 15.1. The van der Waals surface area contributed by atoms with E-state index in [9.17, 15) is 82.1 Å². The van der Waals surface area contributed by atoms with Crippen LogP contribution in [0.1, 0.15) is 69.5 Å². The minimum absolute atomic E-state index is 0.0248. The fourth-order valence-corrected chi connectivity index (χ4v) is 10.7. The Morgan fingerprint density at radius 2 is 1.08 bits per heavy atom. The van der Waals surface area contributed by atoms with Crippen LogP contribution < -0.4 is 98.2 Å². The average Bonchev–Trinajstić information content (AvgIpc) is 1.75. The van der Waals surface area contributed by atoms with Crippen molar-refractivity contribution in [2.24, 2.45) is 39.4 Å². The van der Waals surface area contributed by atoms with Crippen LogP contribution in [0.5, 0.6) is 5.75 Å². The molecule has 0 bridgehead atoms. The number of guanidine groups is 1. The van der Waals surface area contributed by atoms with Crippen LogP contribution in [0, 0.1) is 0 Å². The second kappa shape index (κ2) is 44.9. The number of aliphatic hydroxyl groups excluding tert-OH is 1. The number of aliphatic hydroxyl groups is 1. The molecule has 1 saturated heterocycles. The van der Waals surface area contributed by atoms with Crippen LogP contribution in [-0.2, 0) is 84.8 Å². The van der Waals surface area contributed by atoms with Crippen molar-refractivity contribution >= 4 is 145 Å². The number of hydrogen-bond acceptors (Lipinski definition) is 25. The molecular formula is C58H92N22O17S4. The smallest absolute Gasteiger partial charge is 0.246 e. The molecule has 43 heteroatoms. The number of imidazole rings is 1. The number of aromatic amines is 1. The number of carbonyl (C=O) groups is 15. The van der Waals surface area contributed by atoms with Crippen LogP contribution in [0.25, 0.3) is 0 Å². The first kappa shape index (κ1) is 86.1. The summed E-state index contributed by atoms with van der Waals surface area (Å²) in [5, 5.41) is 48.9. The lowest BCUT2D eigenvalue weighted by Gasteiger charge is -2.30. The molecule has 39 nitrogen and oxygen atoms in total. The predicted octanol–water partition coefficient (Wildman–Crippen LogP) is -10.4. The van der Waals surface area contributed by atoms with Gasteiger partial charge in [-0.3, -0.25) is 76.9 Å². The van der Waals surface area contributed by atoms with Gasteiger partial charge in [0.2, 0.25) is 88.6 Å². The number of aliphatic imine (C=N–C) groups is 1. The molecule has 2 heterocycles. The number of amides is 15. The van der Waals surface area contributed by atoms with Crippen molar-refractivity contribution < 1.29 is 82.1 Å². The van der Waals surface area contributed by atoms with Gasteiger partial charge in [0.1, 0.15) is 78.3 Å². The predicted molar refractivity (Wildman–Crippen MR) is 376 cm³/mol. The number of unbranched alkanes of at least 4 members (excludes halogenated alkanes) is 1. The summed E-state index contributed by atoms with van der Waals surface area (Å²) >= 11 is 16.6. The van der Waals surface area contributed by atoms with E-state index in [4.69, 9.17) is 34.4 Å². The largest absolute Gasteiger partial charge is 0.508 e. The number of H-pyrrole nitrogens is 1. The lowest BCUT2D eigenvalue weighted by Crippen LogP contribution is -2.61. The molecule has 1 aliphatic heterocycles. The molecule has 1 aliphatic rings. The van der Waals surface area contributed by atoms with Crippen LogP contribution in [-0.4, -0.2) is 254 Å². The van der Waals surface area contributed by atoms with Crippen molar-refractivity contribution in [3.8, 4) is 5.75 Å². The molecule has 3 rings (SSSR count). The summed E-state index contributed by atoms with van der Waals surface area (Å²) in [6.45, 7) is -0.666. The zero-order chi connectivity index (χ0) is 75.5. The van der Waals surface area contributed by atoms with Gasteiger partial charge in [-0.1, -0.05) is 12.1 Å². The fraction of sp³-hybridized carbons (Fsp3) is 0.569. The molecular weight excluding hydrogens is 1410 g/mol. The van der Waals surface area contributed by atoms with E-state index >= 15 is 0 Å². The first-order valence-electron chi connectivity index (χ1n) is 31.7. The molecule has 0 saturated carbocycles. The lowest BCUT2D eigenvalue weighted by molar-refractivity contribution is -0.142. The number of thiol groups is 4. The van der Waals surface area contributed by atoms with Gasteiger partial charge in [0, 0.05) is 60.8 Å². The molecule has 0 aliphatic carbocycles. The summed E-state index contributed by atoms with van der Waals surface area (Å²) < 4.78 is 0. The van der Waals surface area contributed by atoms with E-state index in [1.54, 1.807) is 0 Å². The Labute approximate surface area is 602 Å². The monoisotopic (exact) mass is 1500 g/mol. The maximum Gasteiger partial charge on any atom is 0.246 e. The molecule has 1 fully saturated rings. The molecule has 12 atom stereocenters. The number of benzene rings is 1. The summed E-state index contributed by atoms with van der Waals surface area (Å²) in [5.41, 5.74) is 33.4. The Morgan fingerprint density at radius 3 is 1.61 bits per heavy atom. The molecule has 0 spiro atoms. The van der Waals surface area contributed by atoms with Crippen molar-refractivity contribution in [2.75, 3.05) is 62.3 Å². The first-order valence-corrected chi connectivity index (χ1v) is 34.2. The highest BCUT2D eigenvalue weighted by Crippen LogP contribution is 2.21. The van der Waals surface area contributed by atoms with Crippen LogP contribution in [0.2, 0.25) is 0 Å². The lowest BCUT2D eigenvalue weighted by atomic mass is 10.0. The van der Waals surface area contributed by atoms with E-state index in [-0.39, 0.29) is 99.3 Å². The Morgan fingerprint density at radius 1 is 0.584 bits per heavy atom. The number of hydrogen-bond donors (Lipinski definition) is 25.